The fourth-order valence-electron chi connectivity index (χ4n) is 1.78. The van der Waals surface area contributed by atoms with Gasteiger partial charge in [-0.25, -0.2) is 8.42 Å². The van der Waals surface area contributed by atoms with Crippen LogP contribution < -0.4 is 10.0 Å². The third-order valence-electron chi connectivity index (χ3n) is 2.74. The van der Waals surface area contributed by atoms with Gasteiger partial charge in [0, 0.05) is 7.05 Å². The van der Waals surface area contributed by atoms with Crippen molar-refractivity contribution in [1.82, 2.24) is 0 Å². The van der Waals surface area contributed by atoms with Crippen LogP contribution in [0.1, 0.15) is 5.56 Å². The van der Waals surface area contributed by atoms with Crippen molar-refractivity contribution in [2.24, 2.45) is 0 Å². The molecule has 0 spiro atoms. The normalized spacial score (nSPS) is 10.6. The second kappa shape index (κ2) is 5.63. The predicted molar refractivity (Wildman–Crippen MR) is 78.0 cm³/mol. The molecule has 0 bridgehead atoms. The maximum Gasteiger partial charge on any atom is 0.263 e. The Bertz CT molecular complexity index is 764. The van der Waals surface area contributed by atoms with Gasteiger partial charge in [0.05, 0.1) is 16.9 Å². The lowest BCUT2D eigenvalue weighted by Gasteiger charge is -2.12. The van der Waals surface area contributed by atoms with E-state index in [1.165, 1.54) is 6.07 Å². The zero-order valence-electron chi connectivity index (χ0n) is 10.8. The molecule has 0 heterocycles. The molecule has 0 unspecified atom stereocenters. The lowest BCUT2D eigenvalue weighted by molar-refractivity contribution is 0.601. The second-order valence-electron chi connectivity index (χ2n) is 4.01. The van der Waals surface area contributed by atoms with Crippen LogP contribution in [-0.2, 0) is 10.0 Å². The Morgan fingerprint density at radius 1 is 1.00 bits per heavy atom. The number of sulfonamides is 1. The van der Waals surface area contributed by atoms with Gasteiger partial charge in [-0.2, -0.15) is 5.26 Å². The molecule has 0 amide bonds. The van der Waals surface area contributed by atoms with Gasteiger partial charge in [-0.3, -0.25) is 4.72 Å². The van der Waals surface area contributed by atoms with E-state index in [0.29, 0.717) is 5.69 Å². The summed E-state index contributed by atoms with van der Waals surface area (Å²) in [5, 5.41) is 11.8. The zero-order chi connectivity index (χ0) is 14.6. The van der Waals surface area contributed by atoms with Crippen molar-refractivity contribution in [2.75, 3.05) is 17.1 Å². The number of nitrogens with one attached hydrogen (secondary N) is 2. The maximum atomic E-state index is 12.4. The summed E-state index contributed by atoms with van der Waals surface area (Å²) in [6, 6.07) is 15.0. The highest BCUT2D eigenvalue weighted by Crippen LogP contribution is 2.24. The molecule has 0 aliphatic carbocycles. The molecule has 2 N–H and O–H groups in total. The van der Waals surface area contributed by atoms with Crippen LogP contribution in [0, 0.1) is 11.3 Å². The van der Waals surface area contributed by atoms with Crippen LogP contribution in [0.3, 0.4) is 0 Å². The topological polar surface area (TPSA) is 82.0 Å². The Kier molecular flexibility index (Phi) is 3.91. The van der Waals surface area contributed by atoms with Gasteiger partial charge in [-0.05, 0) is 24.3 Å². The SMILES string of the molecule is CNc1ccccc1S(=O)(=O)Nc1ccccc1C#N. The fourth-order valence-corrected chi connectivity index (χ4v) is 3.07. The molecular formula is C14H13N3O2S. The fraction of sp³-hybridized carbons (Fsp3) is 0.0714. The number of rotatable bonds is 4. The van der Waals surface area contributed by atoms with Crippen LogP contribution in [-0.4, -0.2) is 15.5 Å². The van der Waals surface area contributed by atoms with Gasteiger partial charge in [0.2, 0.25) is 0 Å². The minimum atomic E-state index is -3.75. The largest absolute Gasteiger partial charge is 0.387 e. The van der Waals surface area contributed by atoms with E-state index in [1.807, 2.05) is 6.07 Å². The van der Waals surface area contributed by atoms with Crippen molar-refractivity contribution >= 4 is 21.4 Å². The van der Waals surface area contributed by atoms with Crippen molar-refractivity contribution in [3.63, 3.8) is 0 Å². The highest BCUT2D eigenvalue weighted by atomic mass is 32.2. The minimum Gasteiger partial charge on any atom is -0.387 e. The molecule has 0 saturated carbocycles. The van der Waals surface area contributed by atoms with Crippen molar-refractivity contribution in [3.05, 3.63) is 54.1 Å². The lowest BCUT2D eigenvalue weighted by atomic mass is 10.2. The standard InChI is InChI=1S/C14H13N3O2S/c1-16-13-8-4-5-9-14(13)20(18,19)17-12-7-3-2-6-11(12)10-15/h2-9,16-17H,1H3. The van der Waals surface area contributed by atoms with Crippen LogP contribution in [0.5, 0.6) is 0 Å². The van der Waals surface area contributed by atoms with Gasteiger partial charge in [-0.1, -0.05) is 24.3 Å². The lowest BCUT2D eigenvalue weighted by Crippen LogP contribution is -2.15. The van der Waals surface area contributed by atoms with Crippen LogP contribution in [0.2, 0.25) is 0 Å². The van der Waals surface area contributed by atoms with Crippen molar-refractivity contribution in [1.29, 1.82) is 5.26 Å². The van der Waals surface area contributed by atoms with E-state index in [0.717, 1.165) is 0 Å². The first-order valence-corrected chi connectivity index (χ1v) is 7.35. The summed E-state index contributed by atoms with van der Waals surface area (Å²) in [6.07, 6.45) is 0. The Morgan fingerprint density at radius 3 is 2.25 bits per heavy atom. The molecule has 5 nitrogen and oxygen atoms in total. The van der Waals surface area contributed by atoms with E-state index in [9.17, 15) is 8.42 Å². The highest BCUT2D eigenvalue weighted by molar-refractivity contribution is 7.92. The van der Waals surface area contributed by atoms with Crippen molar-refractivity contribution in [3.8, 4) is 6.07 Å². The van der Waals surface area contributed by atoms with E-state index < -0.39 is 10.0 Å². The summed E-state index contributed by atoms with van der Waals surface area (Å²) in [4.78, 5) is 0.134. The third-order valence-corrected chi connectivity index (χ3v) is 4.16. The first-order chi connectivity index (χ1) is 9.58. The van der Waals surface area contributed by atoms with E-state index >= 15 is 0 Å². The highest BCUT2D eigenvalue weighted by Gasteiger charge is 2.18. The van der Waals surface area contributed by atoms with Gasteiger partial charge in [-0.15, -0.1) is 0 Å². The summed E-state index contributed by atoms with van der Waals surface area (Å²) in [7, 11) is -2.10. The van der Waals surface area contributed by atoms with E-state index in [4.69, 9.17) is 5.26 Å². The van der Waals surface area contributed by atoms with Crippen LogP contribution >= 0.6 is 0 Å². The van der Waals surface area contributed by atoms with Crippen LogP contribution in [0.15, 0.2) is 53.4 Å². The Labute approximate surface area is 117 Å². The molecule has 102 valence electrons. The molecule has 6 heteroatoms. The average Bonchev–Trinajstić information content (AvgIpc) is 2.47. The number of nitriles is 1. The molecule has 20 heavy (non-hydrogen) atoms. The molecule has 0 aliphatic rings. The van der Waals surface area contributed by atoms with Crippen molar-refractivity contribution < 1.29 is 8.42 Å². The molecule has 0 atom stereocenters. The molecule has 0 aromatic heterocycles. The number of benzene rings is 2. The van der Waals surface area contributed by atoms with Gasteiger partial charge in [0.15, 0.2) is 0 Å². The number of anilines is 2. The molecule has 2 aromatic carbocycles. The summed E-state index contributed by atoms with van der Waals surface area (Å²) in [6.45, 7) is 0. The van der Waals surface area contributed by atoms with Gasteiger partial charge in [0.1, 0.15) is 11.0 Å². The molecule has 0 fully saturated rings. The molecule has 0 aliphatic heterocycles. The van der Waals surface area contributed by atoms with Crippen LogP contribution in [0.4, 0.5) is 11.4 Å². The molecule has 2 aromatic rings. The number of hydrogen-bond acceptors (Lipinski definition) is 4. The molecule has 0 radical (unpaired) electrons. The Balaban J connectivity index is 2.44. The summed E-state index contributed by atoms with van der Waals surface area (Å²) >= 11 is 0. The number of nitrogens with zero attached hydrogens (tertiary/aromatic N) is 1. The zero-order valence-corrected chi connectivity index (χ0v) is 11.6. The van der Waals surface area contributed by atoms with Crippen molar-refractivity contribution in [2.45, 2.75) is 4.90 Å². The second-order valence-corrected chi connectivity index (χ2v) is 5.66. The van der Waals surface area contributed by atoms with Gasteiger partial charge in [0.25, 0.3) is 10.0 Å². The van der Waals surface area contributed by atoms with Gasteiger partial charge < -0.3 is 5.32 Å². The van der Waals surface area contributed by atoms with Gasteiger partial charge >= 0.3 is 0 Å². The monoisotopic (exact) mass is 287 g/mol. The summed E-state index contributed by atoms with van der Waals surface area (Å²) in [5.41, 5.74) is 1.04. The van der Waals surface area contributed by atoms with Crippen LogP contribution in [0.25, 0.3) is 0 Å². The first kappa shape index (κ1) is 13.9. The van der Waals surface area contributed by atoms with E-state index in [2.05, 4.69) is 10.0 Å². The smallest absolute Gasteiger partial charge is 0.263 e. The summed E-state index contributed by atoms with van der Waals surface area (Å²) in [5.74, 6) is 0. The molecule has 2 rings (SSSR count). The maximum absolute atomic E-state index is 12.4. The molecule has 0 saturated heterocycles. The Hall–Kier alpha value is -2.52. The predicted octanol–water partition coefficient (Wildman–Crippen LogP) is 2.40. The quantitative estimate of drug-likeness (QED) is 0.904. The average molecular weight is 287 g/mol. The summed E-state index contributed by atoms with van der Waals surface area (Å²) < 4.78 is 27.2. The number of hydrogen-bond donors (Lipinski definition) is 2. The van der Waals surface area contributed by atoms with E-state index in [-0.39, 0.29) is 16.1 Å². The molecular weight excluding hydrogens is 274 g/mol. The Morgan fingerprint density at radius 2 is 1.60 bits per heavy atom. The first-order valence-electron chi connectivity index (χ1n) is 5.87. The van der Waals surface area contributed by atoms with E-state index in [1.54, 1.807) is 49.5 Å². The number of para-hydroxylation sites is 2. The third kappa shape index (κ3) is 2.73. The minimum absolute atomic E-state index is 0.134.